The van der Waals surface area contributed by atoms with E-state index in [1.807, 2.05) is 42.5 Å². The minimum atomic E-state index is -0.621. The summed E-state index contributed by atoms with van der Waals surface area (Å²) in [5.74, 6) is 0.679. The maximum absolute atomic E-state index is 12.5. The first-order valence-corrected chi connectivity index (χ1v) is 10.4. The second-order valence-corrected chi connectivity index (χ2v) is 7.62. The van der Waals surface area contributed by atoms with E-state index in [-0.39, 0.29) is 11.8 Å². The monoisotopic (exact) mass is 411 g/mol. The van der Waals surface area contributed by atoms with Gasteiger partial charge < -0.3 is 9.47 Å². The Morgan fingerprint density at radius 1 is 1.14 bits per heavy atom. The van der Waals surface area contributed by atoms with E-state index < -0.39 is 6.10 Å². The molecule has 1 aromatic heterocycles. The average Bonchev–Trinajstić information content (AvgIpc) is 3.21. The maximum atomic E-state index is 12.5. The molecule has 0 saturated carbocycles. The number of carbonyl (C=O) groups is 1. The Balaban J connectivity index is 1.57. The molecule has 152 valence electrons. The SMILES string of the molecule is CCC(c1ccccc1)c1nnc(NC(=O)C(C)OCc2cccc(OC)c2)s1. The van der Waals surface area contributed by atoms with Gasteiger partial charge in [-0.15, -0.1) is 10.2 Å². The first-order chi connectivity index (χ1) is 14.1. The number of ether oxygens (including phenoxy) is 2. The van der Waals surface area contributed by atoms with Gasteiger partial charge in [0.15, 0.2) is 0 Å². The van der Waals surface area contributed by atoms with Crippen molar-refractivity contribution >= 4 is 22.4 Å². The number of benzene rings is 2. The van der Waals surface area contributed by atoms with E-state index in [0.717, 1.165) is 22.7 Å². The Morgan fingerprint density at radius 3 is 2.66 bits per heavy atom. The predicted octanol–water partition coefficient (Wildman–Crippen LogP) is 4.63. The molecule has 2 unspecified atom stereocenters. The van der Waals surface area contributed by atoms with Crippen molar-refractivity contribution in [2.45, 2.75) is 38.9 Å². The second kappa shape index (κ2) is 10.1. The van der Waals surface area contributed by atoms with Crippen LogP contribution in [0.3, 0.4) is 0 Å². The number of methoxy groups -OCH3 is 1. The number of amides is 1. The average molecular weight is 412 g/mol. The minimum absolute atomic E-state index is 0.168. The summed E-state index contributed by atoms with van der Waals surface area (Å²) >= 11 is 1.40. The highest BCUT2D eigenvalue weighted by molar-refractivity contribution is 7.15. The standard InChI is InChI=1S/C22H25N3O3S/c1-4-19(17-10-6-5-7-11-17)21-24-25-22(29-21)23-20(26)15(2)28-14-16-9-8-12-18(13-16)27-3/h5-13,15,19H,4,14H2,1-3H3,(H,23,25,26). The number of nitrogens with zero attached hydrogens (tertiary/aromatic N) is 2. The molecule has 0 spiro atoms. The van der Waals surface area contributed by atoms with Gasteiger partial charge in [-0.2, -0.15) is 0 Å². The molecule has 29 heavy (non-hydrogen) atoms. The van der Waals surface area contributed by atoms with Gasteiger partial charge >= 0.3 is 0 Å². The van der Waals surface area contributed by atoms with Gasteiger partial charge in [0.05, 0.1) is 13.7 Å². The Kier molecular flexibility index (Phi) is 7.32. The number of rotatable bonds is 9. The van der Waals surface area contributed by atoms with E-state index in [9.17, 15) is 4.79 Å². The van der Waals surface area contributed by atoms with Crippen LogP contribution in [-0.4, -0.2) is 29.3 Å². The Bertz CT molecular complexity index is 930. The topological polar surface area (TPSA) is 73.3 Å². The van der Waals surface area contributed by atoms with Crippen molar-refractivity contribution in [3.63, 3.8) is 0 Å². The van der Waals surface area contributed by atoms with Gasteiger partial charge in [0.2, 0.25) is 5.13 Å². The zero-order valence-electron chi connectivity index (χ0n) is 16.8. The van der Waals surface area contributed by atoms with Crippen molar-refractivity contribution in [2.24, 2.45) is 0 Å². The third-order valence-corrected chi connectivity index (χ3v) is 5.53. The molecule has 0 aliphatic heterocycles. The lowest BCUT2D eigenvalue weighted by Crippen LogP contribution is -2.27. The van der Waals surface area contributed by atoms with Crippen molar-refractivity contribution in [1.82, 2.24) is 10.2 Å². The quantitative estimate of drug-likeness (QED) is 0.556. The summed E-state index contributed by atoms with van der Waals surface area (Å²) in [4.78, 5) is 12.5. The van der Waals surface area contributed by atoms with E-state index in [2.05, 4.69) is 34.6 Å². The van der Waals surface area contributed by atoms with Crippen LogP contribution in [0.1, 0.15) is 42.3 Å². The molecule has 0 bridgehead atoms. The smallest absolute Gasteiger partial charge is 0.255 e. The highest BCUT2D eigenvalue weighted by Crippen LogP contribution is 2.31. The van der Waals surface area contributed by atoms with E-state index >= 15 is 0 Å². The molecule has 0 fully saturated rings. The molecule has 1 amide bonds. The Morgan fingerprint density at radius 2 is 1.93 bits per heavy atom. The van der Waals surface area contributed by atoms with Gasteiger partial charge in [0.25, 0.3) is 5.91 Å². The second-order valence-electron chi connectivity index (χ2n) is 6.61. The molecule has 0 saturated heterocycles. The van der Waals surface area contributed by atoms with Crippen LogP contribution < -0.4 is 10.1 Å². The molecule has 1 N–H and O–H groups in total. The number of aromatic nitrogens is 2. The van der Waals surface area contributed by atoms with Crippen LogP contribution in [0.4, 0.5) is 5.13 Å². The summed E-state index contributed by atoms with van der Waals surface area (Å²) in [7, 11) is 1.62. The van der Waals surface area contributed by atoms with Crippen LogP contribution in [-0.2, 0) is 16.1 Å². The first kappa shape index (κ1) is 21.0. The van der Waals surface area contributed by atoms with E-state index in [4.69, 9.17) is 9.47 Å². The molecule has 1 heterocycles. The molecule has 7 heteroatoms. The fourth-order valence-electron chi connectivity index (χ4n) is 2.93. The predicted molar refractivity (Wildman–Crippen MR) is 114 cm³/mol. The maximum Gasteiger partial charge on any atom is 0.255 e. The summed E-state index contributed by atoms with van der Waals surface area (Å²) in [6.45, 7) is 4.15. The van der Waals surface area contributed by atoms with E-state index in [1.54, 1.807) is 14.0 Å². The zero-order chi connectivity index (χ0) is 20.6. The lowest BCUT2D eigenvalue weighted by molar-refractivity contribution is -0.127. The molecule has 3 aromatic rings. The molecule has 0 aliphatic rings. The molecule has 0 aliphatic carbocycles. The first-order valence-electron chi connectivity index (χ1n) is 9.54. The van der Waals surface area contributed by atoms with Crippen LogP contribution in [0.15, 0.2) is 54.6 Å². The largest absolute Gasteiger partial charge is 0.497 e. The van der Waals surface area contributed by atoms with Gasteiger partial charge in [0, 0.05) is 5.92 Å². The van der Waals surface area contributed by atoms with Crippen LogP contribution >= 0.6 is 11.3 Å². The van der Waals surface area contributed by atoms with Crippen LogP contribution in [0.2, 0.25) is 0 Å². The third kappa shape index (κ3) is 5.62. The van der Waals surface area contributed by atoms with Crippen molar-refractivity contribution in [3.05, 3.63) is 70.7 Å². The normalized spacial score (nSPS) is 12.9. The molecule has 2 atom stereocenters. The van der Waals surface area contributed by atoms with Gasteiger partial charge in [-0.25, -0.2) is 0 Å². The summed E-state index contributed by atoms with van der Waals surface area (Å²) < 4.78 is 10.9. The van der Waals surface area contributed by atoms with Gasteiger partial charge in [-0.05, 0) is 36.6 Å². The fourth-order valence-corrected chi connectivity index (χ4v) is 3.89. The third-order valence-electron chi connectivity index (χ3n) is 4.58. The number of carbonyl (C=O) groups excluding carboxylic acids is 1. The fraction of sp³-hybridized carbons (Fsp3) is 0.318. The number of hydrogen-bond acceptors (Lipinski definition) is 6. The molecule has 3 rings (SSSR count). The summed E-state index contributed by atoms with van der Waals surface area (Å²) in [6, 6.07) is 17.8. The highest BCUT2D eigenvalue weighted by atomic mass is 32.1. The Hall–Kier alpha value is -2.77. The zero-order valence-corrected chi connectivity index (χ0v) is 17.6. The van der Waals surface area contributed by atoms with Crippen LogP contribution in [0.25, 0.3) is 0 Å². The van der Waals surface area contributed by atoms with E-state index in [0.29, 0.717) is 11.7 Å². The minimum Gasteiger partial charge on any atom is -0.497 e. The van der Waals surface area contributed by atoms with Crippen molar-refractivity contribution in [3.8, 4) is 5.75 Å². The lowest BCUT2D eigenvalue weighted by Gasteiger charge is -2.13. The molecular formula is C22H25N3O3S. The van der Waals surface area contributed by atoms with E-state index in [1.165, 1.54) is 16.9 Å². The molecule has 6 nitrogen and oxygen atoms in total. The van der Waals surface area contributed by atoms with Crippen molar-refractivity contribution < 1.29 is 14.3 Å². The summed E-state index contributed by atoms with van der Waals surface area (Å²) in [5, 5.41) is 12.6. The van der Waals surface area contributed by atoms with Gasteiger partial charge in [-0.3, -0.25) is 10.1 Å². The number of anilines is 1. The Labute approximate surface area is 174 Å². The van der Waals surface area contributed by atoms with Crippen LogP contribution in [0, 0.1) is 0 Å². The highest BCUT2D eigenvalue weighted by Gasteiger charge is 2.20. The van der Waals surface area contributed by atoms with Crippen LogP contribution in [0.5, 0.6) is 5.75 Å². The summed E-state index contributed by atoms with van der Waals surface area (Å²) in [5.41, 5.74) is 2.13. The summed E-state index contributed by atoms with van der Waals surface area (Å²) in [6.07, 6.45) is 0.289. The van der Waals surface area contributed by atoms with Gasteiger partial charge in [0.1, 0.15) is 16.9 Å². The van der Waals surface area contributed by atoms with Crippen molar-refractivity contribution in [2.75, 3.05) is 12.4 Å². The number of nitrogens with one attached hydrogen (secondary N) is 1. The lowest BCUT2D eigenvalue weighted by atomic mass is 9.97. The molecule has 2 aromatic carbocycles. The molecular weight excluding hydrogens is 386 g/mol. The molecule has 0 radical (unpaired) electrons. The van der Waals surface area contributed by atoms with Crippen molar-refractivity contribution in [1.29, 1.82) is 0 Å². The number of hydrogen-bond donors (Lipinski definition) is 1. The van der Waals surface area contributed by atoms with Gasteiger partial charge in [-0.1, -0.05) is 60.7 Å².